The Morgan fingerprint density at radius 3 is 2.21 bits per heavy atom. The SMILES string of the molecule is C[n+]1c2ccccc2c(Nc2ccc(NS(C)(=O)=O)cc2)c2ccc(N)cc21. The number of nitrogen functional groups attached to an aromatic ring is 1. The molecule has 0 aliphatic carbocycles. The van der Waals surface area contributed by atoms with Crippen molar-refractivity contribution in [2.24, 2.45) is 7.05 Å². The molecule has 1 aromatic heterocycles. The van der Waals surface area contributed by atoms with E-state index in [0.29, 0.717) is 11.4 Å². The first kappa shape index (κ1) is 18.1. The predicted molar refractivity (Wildman–Crippen MR) is 115 cm³/mol. The molecule has 4 aromatic rings. The Hall–Kier alpha value is -3.32. The maximum absolute atomic E-state index is 11.4. The van der Waals surface area contributed by atoms with E-state index in [1.165, 1.54) is 0 Å². The minimum atomic E-state index is -3.30. The normalized spacial score (nSPS) is 11.6. The van der Waals surface area contributed by atoms with Gasteiger partial charge in [-0.2, -0.15) is 4.57 Å². The van der Waals surface area contributed by atoms with Gasteiger partial charge < -0.3 is 11.1 Å². The second-order valence-electron chi connectivity index (χ2n) is 6.80. The Morgan fingerprint density at radius 2 is 1.50 bits per heavy atom. The molecule has 7 heteroatoms. The highest BCUT2D eigenvalue weighted by Crippen LogP contribution is 2.33. The summed E-state index contributed by atoms with van der Waals surface area (Å²) in [5.74, 6) is 0. The number of pyridine rings is 1. The number of nitrogens with one attached hydrogen (secondary N) is 2. The quantitative estimate of drug-likeness (QED) is 0.281. The molecule has 6 nitrogen and oxygen atoms in total. The molecule has 3 aromatic carbocycles. The van der Waals surface area contributed by atoms with E-state index in [2.05, 4.69) is 26.7 Å². The van der Waals surface area contributed by atoms with Gasteiger partial charge >= 0.3 is 0 Å². The van der Waals surface area contributed by atoms with Crippen molar-refractivity contribution in [2.45, 2.75) is 0 Å². The number of nitrogens with zero attached hydrogens (tertiary/aromatic N) is 1. The van der Waals surface area contributed by atoms with Crippen molar-refractivity contribution in [3.05, 3.63) is 66.7 Å². The van der Waals surface area contributed by atoms with Crippen molar-refractivity contribution < 1.29 is 13.0 Å². The van der Waals surface area contributed by atoms with Gasteiger partial charge in [0.15, 0.2) is 0 Å². The van der Waals surface area contributed by atoms with Gasteiger partial charge in [-0.25, -0.2) is 8.42 Å². The van der Waals surface area contributed by atoms with Crippen molar-refractivity contribution in [3.8, 4) is 0 Å². The first-order valence-electron chi connectivity index (χ1n) is 8.77. The minimum Gasteiger partial charge on any atom is -0.399 e. The van der Waals surface area contributed by atoms with E-state index in [-0.39, 0.29) is 0 Å². The average molecular weight is 393 g/mol. The van der Waals surface area contributed by atoms with Gasteiger partial charge in [-0.3, -0.25) is 4.72 Å². The highest BCUT2D eigenvalue weighted by atomic mass is 32.2. The summed E-state index contributed by atoms with van der Waals surface area (Å²) in [6.45, 7) is 0. The number of fused-ring (bicyclic) bond motifs is 2. The Labute approximate surface area is 163 Å². The number of rotatable bonds is 4. The lowest BCUT2D eigenvalue weighted by atomic mass is 10.1. The fourth-order valence-corrected chi connectivity index (χ4v) is 3.97. The molecule has 28 heavy (non-hydrogen) atoms. The zero-order chi connectivity index (χ0) is 19.9. The fraction of sp³-hybridized carbons (Fsp3) is 0.0952. The van der Waals surface area contributed by atoms with E-state index in [1.807, 2.05) is 49.5 Å². The second-order valence-corrected chi connectivity index (χ2v) is 8.55. The predicted octanol–water partition coefficient (Wildman–Crippen LogP) is 3.51. The summed E-state index contributed by atoms with van der Waals surface area (Å²) in [5.41, 5.74) is 11.2. The lowest BCUT2D eigenvalue weighted by molar-refractivity contribution is -0.617. The van der Waals surface area contributed by atoms with Crippen molar-refractivity contribution in [1.29, 1.82) is 0 Å². The highest BCUT2D eigenvalue weighted by Gasteiger charge is 2.18. The lowest BCUT2D eigenvalue weighted by Gasteiger charge is -2.13. The van der Waals surface area contributed by atoms with Crippen LogP contribution in [-0.4, -0.2) is 14.7 Å². The average Bonchev–Trinajstić information content (AvgIpc) is 2.65. The van der Waals surface area contributed by atoms with Crippen LogP contribution in [0.1, 0.15) is 0 Å². The van der Waals surface area contributed by atoms with Crippen LogP contribution in [-0.2, 0) is 17.1 Å². The smallest absolute Gasteiger partial charge is 0.229 e. The van der Waals surface area contributed by atoms with Gasteiger partial charge in [-0.05, 0) is 42.5 Å². The summed E-state index contributed by atoms with van der Waals surface area (Å²) in [7, 11) is -1.27. The van der Waals surface area contributed by atoms with Gasteiger partial charge in [0.2, 0.25) is 21.1 Å². The number of anilines is 4. The monoisotopic (exact) mass is 393 g/mol. The number of sulfonamides is 1. The number of benzene rings is 3. The molecule has 0 saturated heterocycles. The van der Waals surface area contributed by atoms with E-state index < -0.39 is 10.0 Å². The number of aryl methyl sites for hydroxylation is 1. The molecule has 0 spiro atoms. The van der Waals surface area contributed by atoms with Crippen molar-refractivity contribution >= 4 is 54.6 Å². The Balaban J connectivity index is 1.84. The van der Waals surface area contributed by atoms with Gasteiger partial charge in [0.25, 0.3) is 0 Å². The largest absolute Gasteiger partial charge is 0.399 e. The molecular formula is C21H21N4O2S+. The van der Waals surface area contributed by atoms with Gasteiger partial charge in [-0.1, -0.05) is 12.1 Å². The van der Waals surface area contributed by atoms with Crippen molar-refractivity contribution in [1.82, 2.24) is 0 Å². The summed E-state index contributed by atoms with van der Waals surface area (Å²) >= 11 is 0. The third kappa shape index (κ3) is 3.44. The van der Waals surface area contributed by atoms with Crippen LogP contribution < -0.4 is 20.3 Å². The van der Waals surface area contributed by atoms with E-state index in [9.17, 15) is 8.42 Å². The molecule has 0 fully saturated rings. The fourth-order valence-electron chi connectivity index (χ4n) is 3.40. The summed E-state index contributed by atoms with van der Waals surface area (Å²) in [5, 5.41) is 5.63. The van der Waals surface area contributed by atoms with E-state index in [0.717, 1.165) is 39.4 Å². The van der Waals surface area contributed by atoms with Crippen LogP contribution in [0.25, 0.3) is 21.8 Å². The zero-order valence-electron chi connectivity index (χ0n) is 15.6. The number of nitrogens with two attached hydrogens (primary N) is 1. The van der Waals surface area contributed by atoms with E-state index in [1.54, 1.807) is 12.1 Å². The van der Waals surface area contributed by atoms with Crippen LogP contribution in [0, 0.1) is 0 Å². The van der Waals surface area contributed by atoms with Crippen LogP contribution in [0.2, 0.25) is 0 Å². The number of hydrogen-bond donors (Lipinski definition) is 3. The summed E-state index contributed by atoms with van der Waals surface area (Å²) in [4.78, 5) is 0. The minimum absolute atomic E-state index is 0.523. The molecule has 0 aliphatic heterocycles. The number of hydrogen-bond acceptors (Lipinski definition) is 4. The van der Waals surface area contributed by atoms with Gasteiger partial charge in [0.05, 0.1) is 22.7 Å². The third-order valence-electron chi connectivity index (χ3n) is 4.64. The molecule has 0 unspecified atom stereocenters. The van der Waals surface area contributed by atoms with Crippen LogP contribution in [0.15, 0.2) is 66.7 Å². The van der Waals surface area contributed by atoms with Crippen molar-refractivity contribution in [3.63, 3.8) is 0 Å². The molecule has 142 valence electrons. The first-order chi connectivity index (χ1) is 13.3. The maximum Gasteiger partial charge on any atom is 0.229 e. The molecule has 0 aliphatic rings. The molecule has 4 N–H and O–H groups in total. The lowest BCUT2D eigenvalue weighted by Crippen LogP contribution is -2.30. The van der Waals surface area contributed by atoms with Gasteiger partial charge in [0.1, 0.15) is 7.05 Å². The van der Waals surface area contributed by atoms with Crippen LogP contribution >= 0.6 is 0 Å². The maximum atomic E-state index is 11.4. The molecule has 0 saturated carbocycles. The molecule has 0 amide bonds. The number of para-hydroxylation sites is 1. The second kappa shape index (κ2) is 6.69. The Morgan fingerprint density at radius 1 is 0.857 bits per heavy atom. The molecule has 0 bridgehead atoms. The van der Waals surface area contributed by atoms with Crippen LogP contribution in [0.4, 0.5) is 22.7 Å². The molecule has 1 heterocycles. The summed E-state index contributed by atoms with van der Waals surface area (Å²) in [6, 6.07) is 21.2. The molecule has 0 atom stereocenters. The van der Waals surface area contributed by atoms with Crippen LogP contribution in [0.3, 0.4) is 0 Å². The Bertz CT molecular complexity index is 1300. The summed E-state index contributed by atoms with van der Waals surface area (Å²) < 4.78 is 27.4. The van der Waals surface area contributed by atoms with Gasteiger partial charge in [0, 0.05) is 29.2 Å². The van der Waals surface area contributed by atoms with E-state index in [4.69, 9.17) is 5.73 Å². The molecule has 4 rings (SSSR count). The van der Waals surface area contributed by atoms with Crippen molar-refractivity contribution in [2.75, 3.05) is 22.0 Å². The zero-order valence-corrected chi connectivity index (χ0v) is 16.4. The third-order valence-corrected chi connectivity index (χ3v) is 5.25. The first-order valence-corrected chi connectivity index (χ1v) is 10.7. The van der Waals surface area contributed by atoms with E-state index >= 15 is 0 Å². The highest BCUT2D eigenvalue weighted by molar-refractivity contribution is 7.92. The van der Waals surface area contributed by atoms with Gasteiger partial charge in [-0.15, -0.1) is 0 Å². The standard InChI is InChI=1S/C21H20N4O2S/c1-25-19-6-4-3-5-17(19)21(18-12-7-14(22)13-20(18)25)23-15-8-10-16(11-9-15)24-28(2,26)27/h3-13,24H,1-2H3,(H2,22,23)/p+1. The van der Waals surface area contributed by atoms with Crippen LogP contribution in [0.5, 0.6) is 0 Å². The topological polar surface area (TPSA) is 88.1 Å². The molecule has 0 radical (unpaired) electrons. The Kier molecular flexibility index (Phi) is 4.31. The summed E-state index contributed by atoms with van der Waals surface area (Å²) in [6.07, 6.45) is 1.13. The molecular weight excluding hydrogens is 372 g/mol. The number of aromatic nitrogens is 1.